The summed E-state index contributed by atoms with van der Waals surface area (Å²) in [6.45, 7) is 5.02. The molecule has 0 spiro atoms. The lowest BCUT2D eigenvalue weighted by Gasteiger charge is -2.03. The minimum Gasteiger partial charge on any atom is -0.356 e. The second kappa shape index (κ2) is 6.95. The molecule has 1 aromatic carbocycles. The van der Waals surface area contributed by atoms with E-state index in [1.807, 2.05) is 24.3 Å². The summed E-state index contributed by atoms with van der Waals surface area (Å²) in [7, 11) is -0.920. The lowest BCUT2D eigenvalue weighted by atomic mass is 10.1. The van der Waals surface area contributed by atoms with Crippen molar-refractivity contribution in [1.29, 1.82) is 0 Å². The van der Waals surface area contributed by atoms with Gasteiger partial charge in [0.25, 0.3) is 0 Å². The van der Waals surface area contributed by atoms with E-state index in [0.29, 0.717) is 12.5 Å². The number of nitrogens with zero attached hydrogens (tertiary/aromatic N) is 2. The maximum Gasteiger partial charge on any atom is 0.202 e. The van der Waals surface area contributed by atoms with Gasteiger partial charge in [-0.2, -0.15) is 4.37 Å². The van der Waals surface area contributed by atoms with Crippen LogP contribution in [0.1, 0.15) is 25.2 Å². The average Bonchev–Trinajstić information content (AvgIpc) is 2.83. The van der Waals surface area contributed by atoms with Crippen molar-refractivity contribution >= 4 is 27.5 Å². The predicted molar refractivity (Wildman–Crippen MR) is 84.6 cm³/mol. The lowest BCUT2D eigenvalue weighted by Crippen LogP contribution is -2.00. The van der Waals surface area contributed by atoms with E-state index in [0.717, 1.165) is 27.8 Å². The fourth-order valence-corrected chi connectivity index (χ4v) is 2.86. The zero-order chi connectivity index (χ0) is 14.5. The molecular weight excluding hydrogens is 290 g/mol. The van der Waals surface area contributed by atoms with Gasteiger partial charge in [0.2, 0.25) is 5.13 Å². The second-order valence-corrected chi connectivity index (χ2v) is 7.20. The molecule has 2 aromatic rings. The highest BCUT2D eigenvalue weighted by Crippen LogP contribution is 2.15. The first kappa shape index (κ1) is 15.1. The summed E-state index contributed by atoms with van der Waals surface area (Å²) in [6.07, 6.45) is 2.60. The molecular formula is C14H19N3OS2. The summed E-state index contributed by atoms with van der Waals surface area (Å²) in [5.41, 5.74) is 1.14. The van der Waals surface area contributed by atoms with Gasteiger partial charge in [0.1, 0.15) is 5.82 Å². The summed E-state index contributed by atoms with van der Waals surface area (Å²) < 4.78 is 15.6. The monoisotopic (exact) mass is 309 g/mol. The molecule has 0 aliphatic rings. The normalized spacial score (nSPS) is 12.6. The second-order valence-electron chi connectivity index (χ2n) is 5.07. The molecule has 0 saturated carbocycles. The minimum absolute atomic E-state index is 0.569. The molecule has 1 aromatic heterocycles. The van der Waals surface area contributed by atoms with Crippen molar-refractivity contribution in [3.63, 3.8) is 0 Å². The summed E-state index contributed by atoms with van der Waals surface area (Å²) >= 11 is 1.40. The first-order chi connectivity index (χ1) is 9.54. The molecule has 6 heteroatoms. The van der Waals surface area contributed by atoms with Crippen molar-refractivity contribution in [2.45, 2.75) is 31.7 Å². The Balaban J connectivity index is 1.91. The van der Waals surface area contributed by atoms with Crippen LogP contribution >= 0.6 is 11.5 Å². The Hall–Kier alpha value is -1.27. The van der Waals surface area contributed by atoms with Crippen LogP contribution in [-0.2, 0) is 23.8 Å². The number of anilines is 1. The summed E-state index contributed by atoms with van der Waals surface area (Å²) in [6, 6.07) is 7.77. The summed E-state index contributed by atoms with van der Waals surface area (Å²) in [5, 5.41) is 4.12. The first-order valence-corrected chi connectivity index (χ1v) is 8.86. The van der Waals surface area contributed by atoms with Crippen molar-refractivity contribution in [2.24, 2.45) is 5.92 Å². The Bertz CT molecular complexity index is 578. The Morgan fingerprint density at radius 3 is 2.60 bits per heavy atom. The third-order valence-electron chi connectivity index (χ3n) is 2.76. The fourth-order valence-electron chi connectivity index (χ4n) is 1.75. The van der Waals surface area contributed by atoms with E-state index >= 15 is 0 Å². The van der Waals surface area contributed by atoms with Crippen LogP contribution in [-0.4, -0.2) is 19.8 Å². The summed E-state index contributed by atoms with van der Waals surface area (Å²) in [5.74, 6) is 1.48. The third-order valence-corrected chi connectivity index (χ3v) is 4.40. The molecule has 0 radical (unpaired) electrons. The van der Waals surface area contributed by atoms with E-state index in [2.05, 4.69) is 28.5 Å². The number of nitrogens with one attached hydrogen (secondary N) is 1. The molecule has 1 unspecified atom stereocenters. The number of rotatable bonds is 6. The third kappa shape index (κ3) is 4.38. The van der Waals surface area contributed by atoms with Crippen molar-refractivity contribution in [2.75, 3.05) is 11.6 Å². The van der Waals surface area contributed by atoms with E-state index in [-0.39, 0.29) is 0 Å². The zero-order valence-electron chi connectivity index (χ0n) is 11.9. The number of hydrogen-bond donors (Lipinski definition) is 1. The molecule has 1 heterocycles. The van der Waals surface area contributed by atoms with Crippen molar-refractivity contribution in [1.82, 2.24) is 9.36 Å². The van der Waals surface area contributed by atoms with E-state index in [9.17, 15) is 4.21 Å². The maximum absolute atomic E-state index is 11.3. The Kier molecular flexibility index (Phi) is 5.25. The van der Waals surface area contributed by atoms with Crippen molar-refractivity contribution < 1.29 is 4.21 Å². The van der Waals surface area contributed by atoms with Gasteiger partial charge in [-0.1, -0.05) is 26.0 Å². The van der Waals surface area contributed by atoms with Crippen LogP contribution in [0.25, 0.3) is 0 Å². The molecule has 20 heavy (non-hydrogen) atoms. The molecule has 0 fully saturated rings. The standard InChI is InChI=1S/C14H19N3OS2/c1-10(2)8-13-16-14(19-17-13)15-9-11-4-6-12(7-5-11)20(3)18/h4-7,10H,8-9H2,1-3H3,(H,15,16,17). The Morgan fingerprint density at radius 2 is 2.00 bits per heavy atom. The zero-order valence-corrected chi connectivity index (χ0v) is 13.6. The fraction of sp³-hybridized carbons (Fsp3) is 0.429. The molecule has 108 valence electrons. The highest BCUT2D eigenvalue weighted by atomic mass is 32.2. The first-order valence-electron chi connectivity index (χ1n) is 6.53. The maximum atomic E-state index is 11.3. The van der Waals surface area contributed by atoms with Crippen LogP contribution in [0.5, 0.6) is 0 Å². The minimum atomic E-state index is -0.920. The van der Waals surface area contributed by atoms with Crippen LogP contribution in [0.15, 0.2) is 29.2 Å². The quantitative estimate of drug-likeness (QED) is 0.891. The van der Waals surface area contributed by atoms with E-state index in [1.165, 1.54) is 11.5 Å². The highest BCUT2D eigenvalue weighted by Gasteiger charge is 2.06. The van der Waals surface area contributed by atoms with Gasteiger partial charge < -0.3 is 5.32 Å². The van der Waals surface area contributed by atoms with Crippen molar-refractivity contribution in [3.8, 4) is 0 Å². The molecule has 2 rings (SSSR count). The van der Waals surface area contributed by atoms with Crippen LogP contribution in [0.3, 0.4) is 0 Å². The van der Waals surface area contributed by atoms with Gasteiger partial charge in [-0.15, -0.1) is 0 Å². The van der Waals surface area contributed by atoms with Crippen LogP contribution in [0.2, 0.25) is 0 Å². The summed E-state index contributed by atoms with van der Waals surface area (Å²) in [4.78, 5) is 5.31. The van der Waals surface area contributed by atoms with Crippen molar-refractivity contribution in [3.05, 3.63) is 35.7 Å². The molecule has 0 amide bonds. The molecule has 0 saturated heterocycles. The number of hydrogen-bond acceptors (Lipinski definition) is 5. The molecule has 1 atom stereocenters. The van der Waals surface area contributed by atoms with Crippen LogP contribution in [0, 0.1) is 5.92 Å². The topological polar surface area (TPSA) is 54.9 Å². The molecule has 4 nitrogen and oxygen atoms in total. The molecule has 1 N–H and O–H groups in total. The predicted octanol–water partition coefficient (Wildman–Crippen LogP) is 3.09. The number of benzene rings is 1. The van der Waals surface area contributed by atoms with Gasteiger partial charge in [0, 0.05) is 46.4 Å². The Morgan fingerprint density at radius 1 is 1.30 bits per heavy atom. The van der Waals surface area contributed by atoms with Crippen LogP contribution in [0.4, 0.5) is 5.13 Å². The van der Waals surface area contributed by atoms with Gasteiger partial charge >= 0.3 is 0 Å². The van der Waals surface area contributed by atoms with Gasteiger partial charge in [0.05, 0.1) is 0 Å². The van der Waals surface area contributed by atoms with Crippen LogP contribution < -0.4 is 5.32 Å². The Labute approximate surface area is 126 Å². The lowest BCUT2D eigenvalue weighted by molar-refractivity contribution is 0.627. The largest absolute Gasteiger partial charge is 0.356 e. The number of aromatic nitrogens is 2. The highest BCUT2D eigenvalue weighted by molar-refractivity contribution is 7.84. The van der Waals surface area contributed by atoms with Gasteiger partial charge in [-0.25, -0.2) is 4.98 Å². The smallest absolute Gasteiger partial charge is 0.202 e. The van der Waals surface area contributed by atoms with Gasteiger partial charge in [-0.3, -0.25) is 4.21 Å². The molecule has 0 bridgehead atoms. The molecule has 0 aliphatic carbocycles. The van der Waals surface area contributed by atoms with E-state index in [1.54, 1.807) is 6.26 Å². The average molecular weight is 309 g/mol. The van der Waals surface area contributed by atoms with E-state index in [4.69, 9.17) is 0 Å². The van der Waals surface area contributed by atoms with E-state index < -0.39 is 10.8 Å². The van der Waals surface area contributed by atoms with Gasteiger partial charge in [0.15, 0.2) is 0 Å². The molecule has 0 aliphatic heterocycles. The SMILES string of the molecule is CC(C)Cc1nsc(NCc2ccc(S(C)=O)cc2)n1. The van der Waals surface area contributed by atoms with Gasteiger partial charge in [-0.05, 0) is 23.6 Å².